The molecule has 6 heteroatoms. The number of hydrogen-bond acceptors (Lipinski definition) is 3. The van der Waals surface area contributed by atoms with Gasteiger partial charge >= 0.3 is 6.03 Å². The molecule has 1 aliphatic rings. The second-order valence-corrected chi connectivity index (χ2v) is 6.08. The molecule has 0 aromatic heterocycles. The van der Waals surface area contributed by atoms with Crippen molar-refractivity contribution in [3.63, 3.8) is 0 Å². The lowest BCUT2D eigenvalue weighted by Crippen LogP contribution is -2.34. The third-order valence-electron chi connectivity index (χ3n) is 4.30. The maximum atomic E-state index is 13.8. The Kier molecular flexibility index (Phi) is 5.14. The van der Waals surface area contributed by atoms with E-state index in [1.165, 1.54) is 6.07 Å². The molecule has 0 spiro atoms. The molecule has 0 saturated carbocycles. The summed E-state index contributed by atoms with van der Waals surface area (Å²) in [4.78, 5) is 14.0. The zero-order valence-corrected chi connectivity index (χ0v) is 13.7. The Morgan fingerprint density at radius 3 is 2.72 bits per heavy atom. The van der Waals surface area contributed by atoms with Crippen LogP contribution in [-0.4, -0.2) is 25.7 Å². The lowest BCUT2D eigenvalue weighted by Gasteiger charge is -2.19. The number of halogens is 1. The number of hydrogen-bond donors (Lipinski definition) is 2. The molecule has 25 heavy (non-hydrogen) atoms. The van der Waals surface area contributed by atoms with E-state index in [0.29, 0.717) is 23.5 Å². The SMILES string of the molecule is N#Cc1ccc(NC(=O)NC[C@@H]2CCN(c3ccccc3F)C2)cc1. The van der Waals surface area contributed by atoms with E-state index in [0.717, 1.165) is 19.5 Å². The lowest BCUT2D eigenvalue weighted by atomic mass is 10.1. The molecular formula is C19H19FN4O. The van der Waals surface area contributed by atoms with Crippen LogP contribution in [0, 0.1) is 23.1 Å². The van der Waals surface area contributed by atoms with Crippen LogP contribution in [0.1, 0.15) is 12.0 Å². The summed E-state index contributed by atoms with van der Waals surface area (Å²) in [5, 5.41) is 14.3. The summed E-state index contributed by atoms with van der Waals surface area (Å²) in [6.45, 7) is 2.04. The van der Waals surface area contributed by atoms with Gasteiger partial charge in [-0.15, -0.1) is 0 Å². The molecule has 0 aliphatic carbocycles. The number of carbonyl (C=O) groups is 1. The molecule has 3 rings (SSSR count). The molecule has 2 amide bonds. The van der Waals surface area contributed by atoms with E-state index in [1.807, 2.05) is 17.0 Å². The second kappa shape index (κ2) is 7.67. The van der Waals surface area contributed by atoms with Crippen LogP contribution in [0.3, 0.4) is 0 Å². The summed E-state index contributed by atoms with van der Waals surface area (Å²) in [7, 11) is 0. The second-order valence-electron chi connectivity index (χ2n) is 6.08. The van der Waals surface area contributed by atoms with Crippen LogP contribution in [0.4, 0.5) is 20.6 Å². The molecule has 2 N–H and O–H groups in total. The maximum Gasteiger partial charge on any atom is 0.319 e. The Balaban J connectivity index is 1.47. The maximum absolute atomic E-state index is 13.8. The molecule has 0 bridgehead atoms. The van der Waals surface area contributed by atoms with Crippen LogP contribution in [0.15, 0.2) is 48.5 Å². The van der Waals surface area contributed by atoms with E-state index in [4.69, 9.17) is 5.26 Å². The first kappa shape index (κ1) is 16.8. The van der Waals surface area contributed by atoms with Gasteiger partial charge in [-0.3, -0.25) is 0 Å². The standard InChI is InChI=1S/C19H19FN4O/c20-17-3-1-2-4-18(17)24-10-9-15(13-24)12-22-19(25)23-16-7-5-14(11-21)6-8-16/h1-8,15H,9-10,12-13H2,(H2,22,23,25)/t15-/m0/s1. The van der Waals surface area contributed by atoms with Crippen molar-refractivity contribution in [3.05, 3.63) is 59.9 Å². The van der Waals surface area contributed by atoms with Crippen molar-refractivity contribution in [3.8, 4) is 6.07 Å². The minimum absolute atomic E-state index is 0.213. The van der Waals surface area contributed by atoms with Crippen molar-refractivity contribution >= 4 is 17.4 Å². The zero-order chi connectivity index (χ0) is 17.6. The Hall–Kier alpha value is -3.07. The number of urea groups is 1. The molecule has 1 aliphatic heterocycles. The van der Waals surface area contributed by atoms with Gasteiger partial charge in [0.2, 0.25) is 0 Å². The van der Waals surface area contributed by atoms with Crippen LogP contribution in [0.2, 0.25) is 0 Å². The summed E-state index contributed by atoms with van der Waals surface area (Å²) >= 11 is 0. The van der Waals surface area contributed by atoms with E-state index in [1.54, 1.807) is 36.4 Å². The smallest absolute Gasteiger partial charge is 0.319 e. The van der Waals surface area contributed by atoms with E-state index in [9.17, 15) is 9.18 Å². The minimum Gasteiger partial charge on any atom is -0.369 e. The van der Waals surface area contributed by atoms with Crippen molar-refractivity contribution in [2.24, 2.45) is 5.92 Å². The van der Waals surface area contributed by atoms with Gasteiger partial charge in [-0.25, -0.2) is 9.18 Å². The van der Waals surface area contributed by atoms with Crippen molar-refractivity contribution in [1.29, 1.82) is 5.26 Å². The lowest BCUT2D eigenvalue weighted by molar-refractivity contribution is 0.250. The van der Waals surface area contributed by atoms with Crippen LogP contribution in [0.5, 0.6) is 0 Å². The number of carbonyl (C=O) groups excluding carboxylic acids is 1. The summed E-state index contributed by atoms with van der Waals surface area (Å²) < 4.78 is 13.8. The number of amides is 2. The molecule has 0 unspecified atom stereocenters. The number of para-hydroxylation sites is 1. The van der Waals surface area contributed by atoms with E-state index >= 15 is 0 Å². The number of nitriles is 1. The molecule has 1 heterocycles. The number of rotatable bonds is 4. The van der Waals surface area contributed by atoms with E-state index < -0.39 is 0 Å². The summed E-state index contributed by atoms with van der Waals surface area (Å²) in [6, 6.07) is 15.2. The first-order valence-corrected chi connectivity index (χ1v) is 8.20. The van der Waals surface area contributed by atoms with Gasteiger partial charge < -0.3 is 15.5 Å². The predicted octanol–water partition coefficient (Wildman–Crippen LogP) is 3.35. The third-order valence-corrected chi connectivity index (χ3v) is 4.30. The molecule has 128 valence electrons. The van der Waals surface area contributed by atoms with Crippen LogP contribution in [0.25, 0.3) is 0 Å². The van der Waals surface area contributed by atoms with Crippen molar-refractivity contribution in [1.82, 2.24) is 5.32 Å². The van der Waals surface area contributed by atoms with E-state index in [-0.39, 0.29) is 17.8 Å². The highest BCUT2D eigenvalue weighted by Crippen LogP contribution is 2.25. The van der Waals surface area contributed by atoms with Crippen LogP contribution < -0.4 is 15.5 Å². The van der Waals surface area contributed by atoms with Crippen molar-refractivity contribution in [2.45, 2.75) is 6.42 Å². The molecule has 5 nitrogen and oxygen atoms in total. The van der Waals surface area contributed by atoms with Gasteiger partial charge in [0.15, 0.2) is 0 Å². The van der Waals surface area contributed by atoms with Gasteiger partial charge in [-0.1, -0.05) is 12.1 Å². The number of benzene rings is 2. The molecule has 1 fully saturated rings. The molecule has 1 saturated heterocycles. The molecule has 1 atom stereocenters. The van der Waals surface area contributed by atoms with Gasteiger partial charge in [-0.2, -0.15) is 5.26 Å². The van der Waals surface area contributed by atoms with Gasteiger partial charge in [0, 0.05) is 25.3 Å². The van der Waals surface area contributed by atoms with Gasteiger partial charge in [0.05, 0.1) is 17.3 Å². The first-order chi connectivity index (χ1) is 12.2. The quantitative estimate of drug-likeness (QED) is 0.898. The fourth-order valence-electron chi connectivity index (χ4n) is 2.97. The normalized spacial score (nSPS) is 16.3. The number of nitrogens with one attached hydrogen (secondary N) is 2. The summed E-state index contributed by atoms with van der Waals surface area (Å²) in [5.41, 5.74) is 1.80. The van der Waals surface area contributed by atoms with Gasteiger partial charge in [0.1, 0.15) is 5.82 Å². The fraction of sp³-hybridized carbons (Fsp3) is 0.263. The largest absolute Gasteiger partial charge is 0.369 e. The van der Waals surface area contributed by atoms with Crippen LogP contribution >= 0.6 is 0 Å². The van der Waals surface area contributed by atoms with Gasteiger partial charge in [-0.05, 0) is 48.7 Å². The fourth-order valence-corrected chi connectivity index (χ4v) is 2.97. The van der Waals surface area contributed by atoms with E-state index in [2.05, 4.69) is 10.6 Å². The van der Waals surface area contributed by atoms with Gasteiger partial charge in [0.25, 0.3) is 0 Å². The third kappa shape index (κ3) is 4.27. The average Bonchev–Trinajstić information content (AvgIpc) is 3.10. The summed E-state index contributed by atoms with van der Waals surface area (Å²) in [5.74, 6) is 0.0704. The van der Waals surface area contributed by atoms with Crippen molar-refractivity contribution < 1.29 is 9.18 Å². The Morgan fingerprint density at radius 1 is 1.24 bits per heavy atom. The molecule has 0 radical (unpaired) electrons. The predicted molar refractivity (Wildman–Crippen MR) is 94.9 cm³/mol. The highest BCUT2D eigenvalue weighted by atomic mass is 19.1. The summed E-state index contributed by atoms with van der Waals surface area (Å²) in [6.07, 6.45) is 0.908. The van der Waals surface area contributed by atoms with Crippen molar-refractivity contribution in [2.75, 3.05) is 29.9 Å². The first-order valence-electron chi connectivity index (χ1n) is 8.20. The Morgan fingerprint density at radius 2 is 2.00 bits per heavy atom. The topological polar surface area (TPSA) is 68.2 Å². The zero-order valence-electron chi connectivity index (χ0n) is 13.7. The van der Waals surface area contributed by atoms with Crippen LogP contribution in [-0.2, 0) is 0 Å². The Labute approximate surface area is 146 Å². The highest BCUT2D eigenvalue weighted by Gasteiger charge is 2.24. The monoisotopic (exact) mass is 338 g/mol. The number of anilines is 2. The molecular weight excluding hydrogens is 319 g/mol. The molecule has 2 aromatic carbocycles. The number of nitrogens with zero attached hydrogens (tertiary/aromatic N) is 2. The minimum atomic E-state index is -0.283. The highest BCUT2D eigenvalue weighted by molar-refractivity contribution is 5.89. The Bertz CT molecular complexity index is 785. The average molecular weight is 338 g/mol. The molecule has 2 aromatic rings.